The van der Waals surface area contributed by atoms with Gasteiger partial charge in [0.15, 0.2) is 0 Å². The third-order valence-electron chi connectivity index (χ3n) is 4.03. The minimum absolute atomic E-state index is 0.580. The quantitative estimate of drug-likeness (QED) is 0.829. The number of aromatic nitrogens is 1. The highest BCUT2D eigenvalue weighted by atomic mass is 35.5. The van der Waals surface area contributed by atoms with E-state index in [1.165, 1.54) is 32.1 Å². The second kappa shape index (κ2) is 6.10. The molecule has 3 rings (SSSR count). The van der Waals surface area contributed by atoms with Crippen molar-refractivity contribution in [1.29, 1.82) is 0 Å². The molecular formula is C15H21ClN2O. The second-order valence-electron chi connectivity index (χ2n) is 5.72. The monoisotopic (exact) mass is 280 g/mol. The van der Waals surface area contributed by atoms with Gasteiger partial charge < -0.3 is 10.1 Å². The Kier molecular flexibility index (Phi) is 4.24. The summed E-state index contributed by atoms with van der Waals surface area (Å²) in [5.41, 5.74) is 1.13. The molecule has 2 fully saturated rings. The van der Waals surface area contributed by atoms with Crippen LogP contribution in [-0.2, 0) is 6.54 Å². The minimum Gasteiger partial charge on any atom is -0.477 e. The lowest BCUT2D eigenvalue weighted by molar-refractivity contribution is 0.217. The zero-order chi connectivity index (χ0) is 13.1. The van der Waals surface area contributed by atoms with Crippen molar-refractivity contribution >= 4 is 11.6 Å². The molecule has 2 aliphatic rings. The van der Waals surface area contributed by atoms with E-state index in [0.29, 0.717) is 16.9 Å². The van der Waals surface area contributed by atoms with Gasteiger partial charge in [-0.2, -0.15) is 0 Å². The van der Waals surface area contributed by atoms with E-state index < -0.39 is 0 Å². The highest BCUT2D eigenvalue weighted by Gasteiger charge is 2.20. The highest BCUT2D eigenvalue weighted by Crippen LogP contribution is 2.30. The number of hydrogen-bond acceptors (Lipinski definition) is 3. The van der Waals surface area contributed by atoms with Crippen LogP contribution in [0.1, 0.15) is 44.1 Å². The predicted octanol–water partition coefficient (Wildman–Crippen LogP) is 3.56. The van der Waals surface area contributed by atoms with E-state index in [1.807, 2.05) is 12.3 Å². The molecule has 0 aromatic carbocycles. The molecule has 1 heterocycles. The van der Waals surface area contributed by atoms with Gasteiger partial charge in [-0.15, -0.1) is 0 Å². The summed E-state index contributed by atoms with van der Waals surface area (Å²) < 4.78 is 5.67. The molecule has 104 valence electrons. The zero-order valence-electron chi connectivity index (χ0n) is 11.2. The zero-order valence-corrected chi connectivity index (χ0v) is 12.0. The molecule has 0 unspecified atom stereocenters. The van der Waals surface area contributed by atoms with Crippen LogP contribution in [0.15, 0.2) is 12.3 Å². The van der Waals surface area contributed by atoms with E-state index >= 15 is 0 Å². The first kappa shape index (κ1) is 13.2. The Bertz CT molecular complexity index is 430. The van der Waals surface area contributed by atoms with Crippen LogP contribution in [0.3, 0.4) is 0 Å². The first-order valence-electron chi connectivity index (χ1n) is 7.32. The van der Waals surface area contributed by atoms with Gasteiger partial charge >= 0.3 is 0 Å². The van der Waals surface area contributed by atoms with Crippen molar-refractivity contribution in [3.8, 4) is 5.88 Å². The molecule has 0 radical (unpaired) electrons. The van der Waals surface area contributed by atoms with Crippen LogP contribution in [0.4, 0.5) is 0 Å². The fourth-order valence-electron chi connectivity index (χ4n) is 2.32. The summed E-state index contributed by atoms with van der Waals surface area (Å²) in [6.07, 6.45) is 9.68. The SMILES string of the molecule is Clc1cc(CNC2CC2)cnc1OCCC1CCC1. The molecule has 2 saturated carbocycles. The Morgan fingerprint density at radius 1 is 1.32 bits per heavy atom. The molecule has 19 heavy (non-hydrogen) atoms. The van der Waals surface area contributed by atoms with Gasteiger partial charge in [-0.1, -0.05) is 30.9 Å². The average molecular weight is 281 g/mol. The predicted molar refractivity (Wildman–Crippen MR) is 76.6 cm³/mol. The van der Waals surface area contributed by atoms with Crippen molar-refractivity contribution in [2.24, 2.45) is 5.92 Å². The van der Waals surface area contributed by atoms with E-state index in [1.54, 1.807) is 0 Å². The van der Waals surface area contributed by atoms with E-state index in [2.05, 4.69) is 10.3 Å². The lowest BCUT2D eigenvalue weighted by Gasteiger charge is -2.24. The number of nitrogens with zero attached hydrogens (tertiary/aromatic N) is 1. The van der Waals surface area contributed by atoms with Gasteiger partial charge in [-0.05, 0) is 36.8 Å². The third kappa shape index (κ3) is 3.83. The number of ether oxygens (including phenoxy) is 1. The maximum Gasteiger partial charge on any atom is 0.232 e. The molecule has 0 aliphatic heterocycles. The highest BCUT2D eigenvalue weighted by molar-refractivity contribution is 6.31. The first-order chi connectivity index (χ1) is 9.31. The van der Waals surface area contributed by atoms with Crippen LogP contribution in [0.25, 0.3) is 0 Å². The number of rotatable bonds is 7. The Labute approximate surface area is 119 Å². The van der Waals surface area contributed by atoms with Crippen LogP contribution in [0.2, 0.25) is 5.02 Å². The average Bonchev–Trinajstić information content (AvgIpc) is 3.16. The van der Waals surface area contributed by atoms with Gasteiger partial charge in [0.2, 0.25) is 5.88 Å². The van der Waals surface area contributed by atoms with Crippen LogP contribution in [0, 0.1) is 5.92 Å². The van der Waals surface area contributed by atoms with E-state index in [9.17, 15) is 0 Å². The fourth-order valence-corrected chi connectivity index (χ4v) is 2.56. The second-order valence-corrected chi connectivity index (χ2v) is 6.13. The molecule has 0 spiro atoms. The molecule has 0 saturated heterocycles. The standard InChI is InChI=1S/C15H21ClN2O/c16-14-8-12(9-17-13-4-5-13)10-18-15(14)19-7-6-11-2-1-3-11/h8,10-11,13,17H,1-7,9H2. The summed E-state index contributed by atoms with van der Waals surface area (Å²) in [6, 6.07) is 2.67. The van der Waals surface area contributed by atoms with Gasteiger partial charge in [0, 0.05) is 18.8 Å². The van der Waals surface area contributed by atoms with Crippen molar-refractivity contribution in [2.45, 2.75) is 51.1 Å². The number of hydrogen-bond donors (Lipinski definition) is 1. The normalized spacial score (nSPS) is 19.2. The van der Waals surface area contributed by atoms with Gasteiger partial charge in [0.05, 0.1) is 6.61 Å². The van der Waals surface area contributed by atoms with Gasteiger partial charge in [-0.25, -0.2) is 4.98 Å². The molecule has 1 aromatic rings. The van der Waals surface area contributed by atoms with Gasteiger partial charge in [-0.3, -0.25) is 0 Å². The summed E-state index contributed by atoms with van der Waals surface area (Å²) >= 11 is 6.21. The number of halogens is 1. The van der Waals surface area contributed by atoms with Crippen molar-refractivity contribution in [3.63, 3.8) is 0 Å². The molecule has 0 amide bonds. The molecular weight excluding hydrogens is 260 g/mol. The molecule has 4 heteroatoms. The molecule has 1 N–H and O–H groups in total. The lowest BCUT2D eigenvalue weighted by Crippen LogP contribution is -2.16. The summed E-state index contributed by atoms with van der Waals surface area (Å²) in [6.45, 7) is 1.58. The van der Waals surface area contributed by atoms with Crippen molar-refractivity contribution in [2.75, 3.05) is 6.61 Å². The van der Waals surface area contributed by atoms with Crippen molar-refractivity contribution in [3.05, 3.63) is 22.8 Å². The Hall–Kier alpha value is -0.800. The summed E-state index contributed by atoms with van der Waals surface area (Å²) in [5, 5.41) is 4.08. The minimum atomic E-state index is 0.580. The maximum atomic E-state index is 6.21. The third-order valence-corrected chi connectivity index (χ3v) is 4.30. The molecule has 2 aliphatic carbocycles. The summed E-state index contributed by atoms with van der Waals surface area (Å²) in [5.74, 6) is 1.44. The summed E-state index contributed by atoms with van der Waals surface area (Å²) in [4.78, 5) is 4.32. The summed E-state index contributed by atoms with van der Waals surface area (Å²) in [7, 11) is 0. The number of pyridine rings is 1. The van der Waals surface area contributed by atoms with Crippen LogP contribution < -0.4 is 10.1 Å². The first-order valence-corrected chi connectivity index (χ1v) is 7.69. The molecule has 1 aromatic heterocycles. The Morgan fingerprint density at radius 3 is 2.79 bits per heavy atom. The van der Waals surface area contributed by atoms with E-state index in [4.69, 9.17) is 16.3 Å². The Morgan fingerprint density at radius 2 is 2.16 bits per heavy atom. The molecule has 0 atom stereocenters. The molecule has 0 bridgehead atoms. The van der Waals surface area contributed by atoms with E-state index in [0.717, 1.165) is 31.1 Å². The van der Waals surface area contributed by atoms with Crippen LogP contribution in [0.5, 0.6) is 5.88 Å². The smallest absolute Gasteiger partial charge is 0.232 e. The van der Waals surface area contributed by atoms with Crippen molar-refractivity contribution < 1.29 is 4.74 Å². The topological polar surface area (TPSA) is 34.2 Å². The lowest BCUT2D eigenvalue weighted by atomic mass is 9.83. The Balaban J connectivity index is 1.46. The van der Waals surface area contributed by atoms with E-state index in [-0.39, 0.29) is 0 Å². The van der Waals surface area contributed by atoms with Gasteiger partial charge in [0.1, 0.15) is 5.02 Å². The fraction of sp³-hybridized carbons (Fsp3) is 0.667. The van der Waals surface area contributed by atoms with Crippen molar-refractivity contribution in [1.82, 2.24) is 10.3 Å². The largest absolute Gasteiger partial charge is 0.477 e. The van der Waals surface area contributed by atoms with Crippen LogP contribution in [-0.4, -0.2) is 17.6 Å². The molecule has 3 nitrogen and oxygen atoms in total. The van der Waals surface area contributed by atoms with Gasteiger partial charge in [0.25, 0.3) is 0 Å². The maximum absolute atomic E-state index is 6.21. The number of nitrogens with one attached hydrogen (secondary N) is 1. The van der Waals surface area contributed by atoms with Crippen LogP contribution >= 0.6 is 11.6 Å².